The fraction of sp³-hybridized carbons (Fsp3) is 0.429. The summed E-state index contributed by atoms with van der Waals surface area (Å²) in [7, 11) is 0. The molecule has 1 aromatic rings. The number of rotatable bonds is 1. The van der Waals surface area contributed by atoms with E-state index in [1.54, 1.807) is 4.90 Å². The van der Waals surface area contributed by atoms with Gasteiger partial charge in [0.2, 0.25) is 11.8 Å². The van der Waals surface area contributed by atoms with Crippen LogP contribution in [-0.2, 0) is 16.0 Å². The molecule has 4 heteroatoms. The third-order valence-electron chi connectivity index (χ3n) is 3.74. The summed E-state index contributed by atoms with van der Waals surface area (Å²) in [6, 6.07) is 7.93. The lowest BCUT2D eigenvalue weighted by Crippen LogP contribution is -2.46. The van der Waals surface area contributed by atoms with Crippen molar-refractivity contribution < 1.29 is 9.59 Å². The number of hydrogen-bond acceptors (Lipinski definition) is 2. The van der Waals surface area contributed by atoms with E-state index in [4.69, 9.17) is 0 Å². The van der Waals surface area contributed by atoms with Crippen LogP contribution in [0.5, 0.6) is 0 Å². The molecule has 0 saturated carbocycles. The van der Waals surface area contributed by atoms with Gasteiger partial charge < -0.3 is 10.2 Å². The van der Waals surface area contributed by atoms with Crippen molar-refractivity contribution >= 4 is 17.5 Å². The van der Waals surface area contributed by atoms with Gasteiger partial charge in [0.15, 0.2) is 0 Å². The molecule has 0 bridgehead atoms. The summed E-state index contributed by atoms with van der Waals surface area (Å²) in [5.74, 6) is -0.655. The van der Waals surface area contributed by atoms with Gasteiger partial charge in [0, 0.05) is 18.8 Å². The highest BCUT2D eigenvalue weighted by atomic mass is 16.2. The molecule has 1 atom stereocenters. The largest absolute Gasteiger partial charge is 0.355 e. The van der Waals surface area contributed by atoms with Crippen LogP contribution in [0.4, 0.5) is 5.69 Å². The second-order valence-corrected chi connectivity index (χ2v) is 4.85. The second-order valence-electron chi connectivity index (χ2n) is 4.85. The van der Waals surface area contributed by atoms with Crippen molar-refractivity contribution in [2.45, 2.75) is 19.3 Å². The van der Waals surface area contributed by atoms with Crippen LogP contribution in [0.15, 0.2) is 24.3 Å². The fourth-order valence-electron chi connectivity index (χ4n) is 2.76. The Morgan fingerprint density at radius 1 is 1.33 bits per heavy atom. The molecule has 2 aliphatic rings. The van der Waals surface area contributed by atoms with Gasteiger partial charge in [0.05, 0.1) is 0 Å². The molecule has 1 saturated heterocycles. The SMILES string of the molecule is O=C1NCCC[C@H]1C(=O)N1CCc2ccccc21. The normalized spacial score (nSPS) is 22.6. The molecule has 2 aliphatic heterocycles. The molecule has 0 radical (unpaired) electrons. The molecule has 4 nitrogen and oxygen atoms in total. The summed E-state index contributed by atoms with van der Waals surface area (Å²) in [6.07, 6.45) is 2.44. The zero-order valence-corrected chi connectivity index (χ0v) is 10.2. The Balaban J connectivity index is 1.84. The van der Waals surface area contributed by atoms with Gasteiger partial charge in [-0.2, -0.15) is 0 Å². The lowest BCUT2D eigenvalue weighted by Gasteiger charge is -2.26. The first kappa shape index (κ1) is 11.3. The average Bonchev–Trinajstić information content (AvgIpc) is 2.82. The van der Waals surface area contributed by atoms with Crippen LogP contribution in [0.3, 0.4) is 0 Å². The molecule has 2 heterocycles. The van der Waals surface area contributed by atoms with Crippen molar-refractivity contribution in [3.8, 4) is 0 Å². The fourth-order valence-corrected chi connectivity index (χ4v) is 2.76. The lowest BCUT2D eigenvalue weighted by atomic mass is 9.97. The van der Waals surface area contributed by atoms with Crippen molar-refractivity contribution in [3.05, 3.63) is 29.8 Å². The Morgan fingerprint density at radius 2 is 2.17 bits per heavy atom. The maximum absolute atomic E-state index is 12.4. The van der Waals surface area contributed by atoms with Gasteiger partial charge in [0.1, 0.15) is 5.92 Å². The zero-order chi connectivity index (χ0) is 12.5. The summed E-state index contributed by atoms with van der Waals surface area (Å²) in [4.78, 5) is 26.0. The van der Waals surface area contributed by atoms with Crippen LogP contribution >= 0.6 is 0 Å². The predicted molar refractivity (Wildman–Crippen MR) is 68.2 cm³/mol. The maximum Gasteiger partial charge on any atom is 0.239 e. The number of benzene rings is 1. The van der Waals surface area contributed by atoms with E-state index < -0.39 is 5.92 Å². The summed E-state index contributed by atoms with van der Waals surface area (Å²) in [5.41, 5.74) is 2.17. The average molecular weight is 244 g/mol. The number of fused-ring (bicyclic) bond motifs is 1. The van der Waals surface area contributed by atoms with Crippen molar-refractivity contribution in [2.24, 2.45) is 5.92 Å². The van der Waals surface area contributed by atoms with Crippen LogP contribution in [0.1, 0.15) is 18.4 Å². The number of para-hydroxylation sites is 1. The van der Waals surface area contributed by atoms with Gasteiger partial charge in [0.25, 0.3) is 0 Å². The highest BCUT2D eigenvalue weighted by molar-refractivity contribution is 6.08. The summed E-state index contributed by atoms with van der Waals surface area (Å²) >= 11 is 0. The topological polar surface area (TPSA) is 49.4 Å². The number of nitrogens with one attached hydrogen (secondary N) is 1. The van der Waals surface area contributed by atoms with Crippen LogP contribution in [-0.4, -0.2) is 24.9 Å². The summed E-state index contributed by atoms with van der Waals surface area (Å²) < 4.78 is 0. The van der Waals surface area contributed by atoms with Crippen molar-refractivity contribution in [1.29, 1.82) is 0 Å². The molecule has 1 N–H and O–H groups in total. The molecule has 94 valence electrons. The third kappa shape index (κ3) is 1.78. The minimum absolute atomic E-state index is 0.0443. The van der Waals surface area contributed by atoms with E-state index in [-0.39, 0.29) is 11.8 Å². The second kappa shape index (κ2) is 4.44. The molecular weight excluding hydrogens is 228 g/mol. The first-order valence-corrected chi connectivity index (χ1v) is 6.44. The Kier molecular flexibility index (Phi) is 2.78. The predicted octanol–water partition coefficient (Wildman–Crippen LogP) is 1.10. The van der Waals surface area contributed by atoms with Crippen molar-refractivity contribution in [2.75, 3.05) is 18.0 Å². The van der Waals surface area contributed by atoms with Crippen LogP contribution < -0.4 is 10.2 Å². The number of piperidine rings is 1. The number of hydrogen-bond donors (Lipinski definition) is 1. The van der Waals surface area contributed by atoms with Crippen molar-refractivity contribution in [1.82, 2.24) is 5.32 Å². The van der Waals surface area contributed by atoms with Crippen LogP contribution in [0.25, 0.3) is 0 Å². The van der Waals surface area contributed by atoms with Crippen LogP contribution in [0, 0.1) is 5.92 Å². The highest BCUT2D eigenvalue weighted by Crippen LogP contribution is 2.29. The number of nitrogens with zero attached hydrogens (tertiary/aromatic N) is 1. The molecule has 18 heavy (non-hydrogen) atoms. The van der Waals surface area contributed by atoms with E-state index in [1.807, 2.05) is 24.3 Å². The van der Waals surface area contributed by atoms with Crippen molar-refractivity contribution in [3.63, 3.8) is 0 Å². The Hall–Kier alpha value is -1.84. The third-order valence-corrected chi connectivity index (χ3v) is 3.74. The Bertz CT molecular complexity index is 498. The molecule has 1 fully saturated rings. The van der Waals surface area contributed by atoms with Gasteiger partial charge >= 0.3 is 0 Å². The number of amides is 2. The van der Waals surface area contributed by atoms with E-state index in [0.29, 0.717) is 19.5 Å². The van der Waals surface area contributed by atoms with Gasteiger partial charge in [-0.15, -0.1) is 0 Å². The quantitative estimate of drug-likeness (QED) is 0.752. The van der Waals surface area contributed by atoms with E-state index in [1.165, 1.54) is 5.56 Å². The monoisotopic (exact) mass is 244 g/mol. The zero-order valence-electron chi connectivity index (χ0n) is 10.2. The molecule has 0 aliphatic carbocycles. The van der Waals surface area contributed by atoms with Gasteiger partial charge in [-0.05, 0) is 30.9 Å². The highest BCUT2D eigenvalue weighted by Gasteiger charge is 2.35. The molecule has 0 spiro atoms. The van der Waals surface area contributed by atoms with E-state index >= 15 is 0 Å². The molecular formula is C14H16N2O2. The van der Waals surface area contributed by atoms with E-state index in [9.17, 15) is 9.59 Å². The smallest absolute Gasteiger partial charge is 0.239 e. The van der Waals surface area contributed by atoms with E-state index in [0.717, 1.165) is 18.5 Å². The maximum atomic E-state index is 12.4. The van der Waals surface area contributed by atoms with E-state index in [2.05, 4.69) is 5.32 Å². The first-order valence-electron chi connectivity index (χ1n) is 6.44. The molecule has 0 aromatic heterocycles. The van der Waals surface area contributed by atoms with Gasteiger partial charge in [-0.25, -0.2) is 0 Å². The first-order chi connectivity index (χ1) is 8.77. The standard InChI is InChI=1S/C14H16N2O2/c17-13-11(5-3-8-15-13)14(18)16-9-7-10-4-1-2-6-12(10)16/h1-2,4,6,11H,3,5,7-9H2,(H,15,17)/t11-/m1/s1. The summed E-state index contributed by atoms with van der Waals surface area (Å²) in [5, 5.41) is 2.77. The minimum atomic E-state index is -0.495. The Morgan fingerprint density at radius 3 is 3.00 bits per heavy atom. The number of carbonyl (C=O) groups excluding carboxylic acids is 2. The lowest BCUT2D eigenvalue weighted by molar-refractivity contribution is -0.135. The molecule has 3 rings (SSSR count). The number of anilines is 1. The number of carbonyl (C=O) groups is 2. The summed E-state index contributed by atoms with van der Waals surface area (Å²) in [6.45, 7) is 1.39. The van der Waals surface area contributed by atoms with Crippen LogP contribution in [0.2, 0.25) is 0 Å². The molecule has 1 aromatic carbocycles. The minimum Gasteiger partial charge on any atom is -0.355 e. The van der Waals surface area contributed by atoms with Gasteiger partial charge in [-0.3, -0.25) is 9.59 Å². The molecule has 2 amide bonds. The van der Waals surface area contributed by atoms with Gasteiger partial charge in [-0.1, -0.05) is 18.2 Å². The Labute approximate surface area is 106 Å². The molecule has 0 unspecified atom stereocenters.